The molecule has 1 fully saturated rings. The molecule has 2 rings (SSSR count). The highest BCUT2D eigenvalue weighted by Crippen LogP contribution is 2.30. The Kier molecular flexibility index (Phi) is 4.86. The van der Waals surface area contributed by atoms with Crippen LogP contribution in [0.2, 0.25) is 0 Å². The molecule has 0 aliphatic carbocycles. The SMILES string of the molecule is COc1ccc(Br)cc1N(C)CC1COCCN1. The van der Waals surface area contributed by atoms with Crippen LogP contribution < -0.4 is 15.0 Å². The second-order valence-corrected chi connectivity index (χ2v) is 5.34. The molecule has 1 aromatic rings. The highest BCUT2D eigenvalue weighted by molar-refractivity contribution is 9.10. The van der Waals surface area contributed by atoms with E-state index in [-0.39, 0.29) is 0 Å². The Morgan fingerprint density at radius 3 is 3.06 bits per heavy atom. The number of morpholine rings is 1. The largest absolute Gasteiger partial charge is 0.495 e. The zero-order valence-corrected chi connectivity index (χ0v) is 12.4. The van der Waals surface area contributed by atoms with E-state index in [0.29, 0.717) is 6.04 Å². The lowest BCUT2D eigenvalue weighted by atomic mass is 10.2. The van der Waals surface area contributed by atoms with E-state index in [1.165, 1.54) is 0 Å². The average Bonchev–Trinajstić information content (AvgIpc) is 2.40. The number of hydrogen-bond acceptors (Lipinski definition) is 4. The van der Waals surface area contributed by atoms with Gasteiger partial charge in [-0.1, -0.05) is 15.9 Å². The minimum absolute atomic E-state index is 0.368. The molecule has 1 heterocycles. The molecule has 1 saturated heterocycles. The first-order chi connectivity index (χ1) is 8.70. The lowest BCUT2D eigenvalue weighted by Gasteiger charge is -2.30. The monoisotopic (exact) mass is 314 g/mol. The van der Waals surface area contributed by atoms with Crippen molar-refractivity contribution in [1.82, 2.24) is 5.32 Å². The molecule has 0 amide bonds. The molecule has 100 valence electrons. The molecular formula is C13H19BrN2O2. The van der Waals surface area contributed by atoms with Gasteiger partial charge in [0, 0.05) is 30.7 Å². The maximum Gasteiger partial charge on any atom is 0.142 e. The average molecular weight is 315 g/mol. The summed E-state index contributed by atoms with van der Waals surface area (Å²) in [5.41, 5.74) is 1.08. The standard InChI is InChI=1S/C13H19BrN2O2/c1-16(8-11-9-18-6-5-15-11)12-7-10(14)3-4-13(12)17-2/h3-4,7,11,15H,5-6,8-9H2,1-2H3. The summed E-state index contributed by atoms with van der Waals surface area (Å²) >= 11 is 3.50. The second kappa shape index (κ2) is 6.41. The zero-order valence-electron chi connectivity index (χ0n) is 10.8. The van der Waals surface area contributed by atoms with Crippen molar-refractivity contribution in [3.05, 3.63) is 22.7 Å². The normalized spacial score (nSPS) is 19.6. The van der Waals surface area contributed by atoms with Gasteiger partial charge < -0.3 is 19.7 Å². The topological polar surface area (TPSA) is 33.7 Å². The van der Waals surface area contributed by atoms with Gasteiger partial charge in [0.05, 0.1) is 26.0 Å². The van der Waals surface area contributed by atoms with Crippen LogP contribution in [0.3, 0.4) is 0 Å². The van der Waals surface area contributed by atoms with Crippen LogP contribution in [-0.4, -0.2) is 46.5 Å². The molecular weight excluding hydrogens is 296 g/mol. The number of likely N-dealkylation sites (N-methyl/N-ethyl adjacent to an activating group) is 1. The first-order valence-electron chi connectivity index (χ1n) is 6.06. The molecule has 1 aliphatic heterocycles. The number of benzene rings is 1. The van der Waals surface area contributed by atoms with Crippen LogP contribution >= 0.6 is 15.9 Å². The van der Waals surface area contributed by atoms with Crippen LogP contribution in [0.5, 0.6) is 5.75 Å². The van der Waals surface area contributed by atoms with Crippen LogP contribution in [0.4, 0.5) is 5.69 Å². The fourth-order valence-corrected chi connectivity index (χ4v) is 2.48. The van der Waals surface area contributed by atoms with Gasteiger partial charge in [0.2, 0.25) is 0 Å². The highest BCUT2D eigenvalue weighted by Gasteiger charge is 2.17. The van der Waals surface area contributed by atoms with Crippen LogP contribution in [0, 0.1) is 0 Å². The van der Waals surface area contributed by atoms with Gasteiger partial charge in [-0.3, -0.25) is 0 Å². The quantitative estimate of drug-likeness (QED) is 0.920. The minimum atomic E-state index is 0.368. The van der Waals surface area contributed by atoms with Crippen LogP contribution in [0.1, 0.15) is 0 Å². The lowest BCUT2D eigenvalue weighted by Crippen LogP contribution is -2.47. The van der Waals surface area contributed by atoms with Crippen molar-refractivity contribution in [2.75, 3.05) is 45.4 Å². The van der Waals surface area contributed by atoms with E-state index in [1.807, 2.05) is 12.1 Å². The highest BCUT2D eigenvalue weighted by atomic mass is 79.9. The first kappa shape index (κ1) is 13.6. The molecule has 0 bridgehead atoms. The predicted molar refractivity (Wildman–Crippen MR) is 76.6 cm³/mol. The van der Waals surface area contributed by atoms with E-state index in [2.05, 4.69) is 39.3 Å². The molecule has 1 aromatic carbocycles. The third kappa shape index (κ3) is 3.37. The number of methoxy groups -OCH3 is 1. The molecule has 0 spiro atoms. The van der Waals surface area contributed by atoms with Crippen molar-refractivity contribution in [3.63, 3.8) is 0 Å². The van der Waals surface area contributed by atoms with Gasteiger partial charge >= 0.3 is 0 Å². The maximum absolute atomic E-state index is 5.47. The predicted octanol–water partition coefficient (Wildman–Crippen LogP) is 1.88. The molecule has 4 nitrogen and oxygen atoms in total. The summed E-state index contributed by atoms with van der Waals surface area (Å²) in [5, 5.41) is 3.45. The molecule has 1 N–H and O–H groups in total. The molecule has 0 aromatic heterocycles. The zero-order chi connectivity index (χ0) is 13.0. The van der Waals surface area contributed by atoms with Crippen molar-refractivity contribution in [1.29, 1.82) is 0 Å². The molecule has 1 atom stereocenters. The minimum Gasteiger partial charge on any atom is -0.495 e. The van der Waals surface area contributed by atoms with Gasteiger partial charge in [-0.25, -0.2) is 0 Å². The Bertz CT molecular complexity index is 395. The van der Waals surface area contributed by atoms with E-state index in [1.54, 1.807) is 7.11 Å². The van der Waals surface area contributed by atoms with Crippen LogP contribution in [0.25, 0.3) is 0 Å². The summed E-state index contributed by atoms with van der Waals surface area (Å²) in [4.78, 5) is 2.19. The molecule has 5 heteroatoms. The third-order valence-electron chi connectivity index (χ3n) is 3.04. The van der Waals surface area contributed by atoms with E-state index in [0.717, 1.165) is 42.2 Å². The number of nitrogens with zero attached hydrogens (tertiary/aromatic N) is 1. The van der Waals surface area contributed by atoms with Gasteiger partial charge in [-0.05, 0) is 18.2 Å². The first-order valence-corrected chi connectivity index (χ1v) is 6.86. The van der Waals surface area contributed by atoms with Crippen molar-refractivity contribution >= 4 is 21.6 Å². The Balaban J connectivity index is 2.07. The second-order valence-electron chi connectivity index (χ2n) is 4.42. The van der Waals surface area contributed by atoms with E-state index < -0.39 is 0 Å². The summed E-state index contributed by atoms with van der Waals surface area (Å²) in [6, 6.07) is 6.40. The fourth-order valence-electron chi connectivity index (χ4n) is 2.13. The smallest absolute Gasteiger partial charge is 0.142 e. The number of anilines is 1. The Morgan fingerprint density at radius 1 is 1.56 bits per heavy atom. The Hall–Kier alpha value is -0.780. The molecule has 1 unspecified atom stereocenters. The van der Waals surface area contributed by atoms with E-state index in [9.17, 15) is 0 Å². The summed E-state index contributed by atoms with van der Waals surface area (Å²) in [6.07, 6.45) is 0. The van der Waals surface area contributed by atoms with E-state index >= 15 is 0 Å². The molecule has 1 aliphatic rings. The van der Waals surface area contributed by atoms with Gasteiger partial charge in [0.1, 0.15) is 5.75 Å². The number of rotatable bonds is 4. The summed E-state index contributed by atoms with van der Waals surface area (Å²) in [6.45, 7) is 3.39. The van der Waals surface area contributed by atoms with Gasteiger partial charge in [0.15, 0.2) is 0 Å². The van der Waals surface area contributed by atoms with Crippen molar-refractivity contribution in [2.45, 2.75) is 6.04 Å². The lowest BCUT2D eigenvalue weighted by molar-refractivity contribution is 0.0791. The van der Waals surface area contributed by atoms with Crippen molar-refractivity contribution < 1.29 is 9.47 Å². The summed E-state index contributed by atoms with van der Waals surface area (Å²) in [5.74, 6) is 0.887. The van der Waals surface area contributed by atoms with E-state index in [4.69, 9.17) is 9.47 Å². The molecule has 0 radical (unpaired) electrons. The van der Waals surface area contributed by atoms with Gasteiger partial charge in [-0.15, -0.1) is 0 Å². The summed E-state index contributed by atoms with van der Waals surface area (Å²) < 4.78 is 11.9. The third-order valence-corrected chi connectivity index (χ3v) is 3.54. The molecule has 18 heavy (non-hydrogen) atoms. The fraction of sp³-hybridized carbons (Fsp3) is 0.538. The number of halogens is 1. The summed E-state index contributed by atoms with van der Waals surface area (Å²) in [7, 11) is 3.77. The Labute approximate surface area is 116 Å². The number of ether oxygens (including phenoxy) is 2. The van der Waals surface area contributed by atoms with Crippen molar-refractivity contribution in [3.8, 4) is 5.75 Å². The van der Waals surface area contributed by atoms with Crippen LogP contribution in [0.15, 0.2) is 22.7 Å². The van der Waals surface area contributed by atoms with Crippen LogP contribution in [-0.2, 0) is 4.74 Å². The number of hydrogen-bond donors (Lipinski definition) is 1. The molecule has 0 saturated carbocycles. The van der Waals surface area contributed by atoms with Crippen molar-refractivity contribution in [2.24, 2.45) is 0 Å². The Morgan fingerprint density at radius 2 is 2.39 bits per heavy atom. The number of nitrogens with one attached hydrogen (secondary N) is 1. The van der Waals surface area contributed by atoms with Gasteiger partial charge in [-0.2, -0.15) is 0 Å². The van der Waals surface area contributed by atoms with Gasteiger partial charge in [0.25, 0.3) is 0 Å². The maximum atomic E-state index is 5.47.